The van der Waals surface area contributed by atoms with Crippen molar-refractivity contribution in [1.82, 2.24) is 4.90 Å². The number of ether oxygens (including phenoxy) is 1. The molecule has 0 saturated heterocycles. The molecule has 0 aromatic rings. The lowest BCUT2D eigenvalue weighted by atomic mass is 10.2. The molecule has 4 heteroatoms. The molecule has 0 aliphatic rings. The molecule has 84 valence electrons. The van der Waals surface area contributed by atoms with Gasteiger partial charge in [-0.25, -0.2) is 0 Å². The number of hydrogen-bond acceptors (Lipinski definition) is 3. The number of nitrogens with zero attached hydrogens (tertiary/aromatic N) is 1. The first-order chi connectivity index (χ1) is 6.61. The maximum absolute atomic E-state index is 11.5. The Bertz CT molecular complexity index is 160. The van der Waals surface area contributed by atoms with Crippen LogP contribution in [0.1, 0.15) is 20.3 Å². The first kappa shape index (κ1) is 13.4. The summed E-state index contributed by atoms with van der Waals surface area (Å²) in [5.41, 5.74) is 5.41. The monoisotopic (exact) mass is 202 g/mol. The minimum atomic E-state index is 0.0506. The minimum Gasteiger partial charge on any atom is -0.375 e. The second kappa shape index (κ2) is 7.76. The SMILES string of the molecule is COCC(=O)N(CCCN)CC(C)C. The second-order valence-corrected chi connectivity index (χ2v) is 3.81. The molecule has 0 saturated carbocycles. The van der Waals surface area contributed by atoms with Gasteiger partial charge in [0.05, 0.1) is 0 Å². The third-order valence-electron chi connectivity index (χ3n) is 1.84. The number of nitrogens with two attached hydrogens (primary N) is 1. The maximum Gasteiger partial charge on any atom is 0.248 e. The van der Waals surface area contributed by atoms with Gasteiger partial charge in [-0.2, -0.15) is 0 Å². The van der Waals surface area contributed by atoms with Crippen molar-refractivity contribution in [1.29, 1.82) is 0 Å². The van der Waals surface area contributed by atoms with Crippen molar-refractivity contribution >= 4 is 5.91 Å². The average molecular weight is 202 g/mol. The molecule has 0 heterocycles. The molecule has 1 amide bonds. The molecule has 14 heavy (non-hydrogen) atoms. The quantitative estimate of drug-likeness (QED) is 0.653. The molecule has 2 N–H and O–H groups in total. The summed E-state index contributed by atoms with van der Waals surface area (Å²) < 4.78 is 4.82. The van der Waals surface area contributed by atoms with Crippen molar-refractivity contribution in [2.75, 3.05) is 33.4 Å². The van der Waals surface area contributed by atoms with Crippen molar-refractivity contribution in [3.05, 3.63) is 0 Å². The zero-order chi connectivity index (χ0) is 11.0. The third-order valence-corrected chi connectivity index (χ3v) is 1.84. The van der Waals surface area contributed by atoms with E-state index in [1.54, 1.807) is 0 Å². The summed E-state index contributed by atoms with van der Waals surface area (Å²) in [5, 5.41) is 0. The zero-order valence-corrected chi connectivity index (χ0v) is 9.45. The Balaban J connectivity index is 4.01. The van der Waals surface area contributed by atoms with Crippen LogP contribution in [0.5, 0.6) is 0 Å². The van der Waals surface area contributed by atoms with Crippen molar-refractivity contribution in [3.8, 4) is 0 Å². The Labute approximate surface area is 86.4 Å². The summed E-state index contributed by atoms with van der Waals surface area (Å²) in [6, 6.07) is 0. The topological polar surface area (TPSA) is 55.6 Å². The van der Waals surface area contributed by atoms with Crippen LogP contribution in [-0.4, -0.2) is 44.2 Å². The fraction of sp³-hybridized carbons (Fsp3) is 0.900. The smallest absolute Gasteiger partial charge is 0.248 e. The molecule has 0 aromatic carbocycles. The number of hydrogen-bond donors (Lipinski definition) is 1. The van der Waals surface area contributed by atoms with E-state index >= 15 is 0 Å². The molecule has 0 spiro atoms. The van der Waals surface area contributed by atoms with Gasteiger partial charge in [-0.05, 0) is 18.9 Å². The highest BCUT2D eigenvalue weighted by atomic mass is 16.5. The lowest BCUT2D eigenvalue weighted by Gasteiger charge is -2.24. The Morgan fingerprint density at radius 1 is 1.50 bits per heavy atom. The van der Waals surface area contributed by atoms with Crippen molar-refractivity contribution < 1.29 is 9.53 Å². The molecule has 0 aliphatic heterocycles. The van der Waals surface area contributed by atoms with E-state index in [4.69, 9.17) is 10.5 Å². The maximum atomic E-state index is 11.5. The van der Waals surface area contributed by atoms with Gasteiger partial charge < -0.3 is 15.4 Å². The van der Waals surface area contributed by atoms with E-state index in [0.29, 0.717) is 12.5 Å². The normalized spacial score (nSPS) is 10.6. The van der Waals surface area contributed by atoms with Crippen molar-refractivity contribution in [3.63, 3.8) is 0 Å². The molecule has 4 nitrogen and oxygen atoms in total. The minimum absolute atomic E-state index is 0.0506. The Hall–Kier alpha value is -0.610. The predicted octanol–water partition coefficient (Wildman–Crippen LogP) is 0.466. The molecular formula is C10H22N2O2. The Kier molecular flexibility index (Phi) is 7.42. The third kappa shape index (κ3) is 5.94. The number of methoxy groups -OCH3 is 1. The van der Waals surface area contributed by atoms with Crippen LogP contribution in [0.15, 0.2) is 0 Å². The standard InChI is InChI=1S/C10H22N2O2/c1-9(2)7-12(6-4-5-11)10(13)8-14-3/h9H,4-8,11H2,1-3H3. The highest BCUT2D eigenvalue weighted by Gasteiger charge is 2.13. The van der Waals surface area contributed by atoms with Gasteiger partial charge in [0, 0.05) is 20.2 Å². The van der Waals surface area contributed by atoms with E-state index in [2.05, 4.69) is 13.8 Å². The van der Waals surface area contributed by atoms with Gasteiger partial charge >= 0.3 is 0 Å². The molecule has 0 atom stereocenters. The number of carbonyl (C=O) groups excluding carboxylic acids is 1. The highest BCUT2D eigenvalue weighted by molar-refractivity contribution is 5.77. The summed E-state index contributed by atoms with van der Waals surface area (Å²) in [6.07, 6.45) is 0.849. The molecular weight excluding hydrogens is 180 g/mol. The molecule has 0 radical (unpaired) electrons. The van der Waals surface area contributed by atoms with Gasteiger partial charge in [0.1, 0.15) is 6.61 Å². The lowest BCUT2D eigenvalue weighted by Crippen LogP contribution is -2.38. The van der Waals surface area contributed by atoms with Crippen LogP contribution in [-0.2, 0) is 9.53 Å². The van der Waals surface area contributed by atoms with E-state index < -0.39 is 0 Å². The van der Waals surface area contributed by atoms with E-state index in [9.17, 15) is 4.79 Å². The Morgan fingerprint density at radius 3 is 2.57 bits per heavy atom. The van der Waals surface area contributed by atoms with E-state index in [-0.39, 0.29) is 12.5 Å². The highest BCUT2D eigenvalue weighted by Crippen LogP contribution is 2.00. The van der Waals surface area contributed by atoms with E-state index in [0.717, 1.165) is 19.5 Å². The fourth-order valence-electron chi connectivity index (χ4n) is 1.26. The van der Waals surface area contributed by atoms with Crippen LogP contribution in [0.2, 0.25) is 0 Å². The van der Waals surface area contributed by atoms with Crippen LogP contribution in [0.4, 0.5) is 0 Å². The molecule has 0 rings (SSSR count). The van der Waals surface area contributed by atoms with Gasteiger partial charge in [0.25, 0.3) is 0 Å². The molecule has 0 fully saturated rings. The molecule has 0 unspecified atom stereocenters. The van der Waals surface area contributed by atoms with Crippen molar-refractivity contribution in [2.24, 2.45) is 11.7 Å². The Morgan fingerprint density at radius 2 is 2.14 bits per heavy atom. The van der Waals surface area contributed by atoms with Crippen LogP contribution >= 0.6 is 0 Å². The van der Waals surface area contributed by atoms with E-state index in [1.807, 2.05) is 4.90 Å². The first-order valence-electron chi connectivity index (χ1n) is 5.08. The zero-order valence-electron chi connectivity index (χ0n) is 9.45. The summed E-state index contributed by atoms with van der Waals surface area (Å²) >= 11 is 0. The largest absolute Gasteiger partial charge is 0.375 e. The van der Waals surface area contributed by atoms with E-state index in [1.165, 1.54) is 7.11 Å². The first-order valence-corrected chi connectivity index (χ1v) is 5.08. The van der Waals surface area contributed by atoms with Gasteiger partial charge in [-0.3, -0.25) is 4.79 Å². The number of amides is 1. The fourth-order valence-corrected chi connectivity index (χ4v) is 1.26. The molecule has 0 aliphatic carbocycles. The summed E-state index contributed by atoms with van der Waals surface area (Å²) in [7, 11) is 1.54. The number of rotatable bonds is 7. The average Bonchev–Trinajstić information content (AvgIpc) is 2.12. The van der Waals surface area contributed by atoms with Gasteiger partial charge in [-0.15, -0.1) is 0 Å². The predicted molar refractivity (Wildman–Crippen MR) is 57.0 cm³/mol. The summed E-state index contributed by atoms with van der Waals surface area (Å²) in [5.74, 6) is 0.531. The van der Waals surface area contributed by atoms with Gasteiger partial charge in [0.15, 0.2) is 0 Å². The van der Waals surface area contributed by atoms with Gasteiger partial charge in [-0.1, -0.05) is 13.8 Å². The lowest BCUT2D eigenvalue weighted by molar-refractivity contribution is -0.135. The second-order valence-electron chi connectivity index (χ2n) is 3.81. The van der Waals surface area contributed by atoms with Crippen LogP contribution in [0.3, 0.4) is 0 Å². The summed E-state index contributed by atoms with van der Waals surface area (Å²) in [6.45, 7) is 6.48. The summed E-state index contributed by atoms with van der Waals surface area (Å²) in [4.78, 5) is 13.4. The molecule has 0 aromatic heterocycles. The van der Waals surface area contributed by atoms with Crippen LogP contribution in [0.25, 0.3) is 0 Å². The van der Waals surface area contributed by atoms with Crippen LogP contribution in [0, 0.1) is 5.92 Å². The van der Waals surface area contributed by atoms with Crippen molar-refractivity contribution in [2.45, 2.75) is 20.3 Å². The molecule has 0 bridgehead atoms. The number of carbonyl (C=O) groups is 1. The van der Waals surface area contributed by atoms with Crippen LogP contribution < -0.4 is 5.73 Å². The van der Waals surface area contributed by atoms with Gasteiger partial charge in [0.2, 0.25) is 5.91 Å².